The normalized spacial score (nSPS) is 16.8. The van der Waals surface area contributed by atoms with E-state index in [1.807, 2.05) is 13.8 Å². The number of nitrogens with zero attached hydrogens (tertiary/aromatic N) is 3. The molecule has 1 aromatic rings. The van der Waals surface area contributed by atoms with E-state index in [9.17, 15) is 5.11 Å². The molecule has 2 rings (SSSR count). The van der Waals surface area contributed by atoms with Crippen LogP contribution in [0, 0.1) is 0 Å². The van der Waals surface area contributed by atoms with E-state index in [1.54, 1.807) is 0 Å². The first-order valence-electron chi connectivity index (χ1n) is 6.25. The van der Waals surface area contributed by atoms with Gasteiger partial charge in [0.05, 0.1) is 12.1 Å². The molecule has 0 spiro atoms. The van der Waals surface area contributed by atoms with Crippen LogP contribution >= 0.6 is 0 Å². The molecule has 96 valence electrons. The molecule has 0 radical (unpaired) electrons. The van der Waals surface area contributed by atoms with Gasteiger partial charge in [0, 0.05) is 12.5 Å². The van der Waals surface area contributed by atoms with Gasteiger partial charge in [0.2, 0.25) is 5.89 Å². The molecule has 0 atom stereocenters. The number of aliphatic hydroxyl groups is 1. The van der Waals surface area contributed by atoms with Crippen LogP contribution in [0.3, 0.4) is 0 Å². The second-order valence-corrected chi connectivity index (χ2v) is 5.44. The van der Waals surface area contributed by atoms with Crippen molar-refractivity contribution in [3.63, 3.8) is 0 Å². The molecule has 0 bridgehead atoms. The summed E-state index contributed by atoms with van der Waals surface area (Å²) in [6, 6.07) is 0. The highest BCUT2D eigenvalue weighted by atomic mass is 16.5. The van der Waals surface area contributed by atoms with Crippen molar-refractivity contribution in [2.45, 2.75) is 51.7 Å². The molecule has 1 aliphatic rings. The van der Waals surface area contributed by atoms with Gasteiger partial charge in [-0.15, -0.1) is 0 Å². The first-order valence-corrected chi connectivity index (χ1v) is 6.25. The highest BCUT2D eigenvalue weighted by Crippen LogP contribution is 2.38. The summed E-state index contributed by atoms with van der Waals surface area (Å²) < 4.78 is 5.21. The molecule has 17 heavy (non-hydrogen) atoms. The minimum atomic E-state index is -0.695. The lowest BCUT2D eigenvalue weighted by atomic mass is 10.1. The van der Waals surface area contributed by atoms with Gasteiger partial charge in [-0.05, 0) is 33.2 Å². The number of hydrogen-bond donors (Lipinski definition) is 1. The van der Waals surface area contributed by atoms with E-state index in [0.29, 0.717) is 19.0 Å². The summed E-state index contributed by atoms with van der Waals surface area (Å²) in [4.78, 5) is 6.50. The summed E-state index contributed by atoms with van der Waals surface area (Å²) in [5.74, 6) is 2.00. The Hall–Kier alpha value is -0.940. The second kappa shape index (κ2) is 4.74. The molecule has 1 fully saturated rings. The van der Waals surface area contributed by atoms with Crippen LogP contribution in [0.25, 0.3) is 0 Å². The Morgan fingerprint density at radius 2 is 2.18 bits per heavy atom. The van der Waals surface area contributed by atoms with Gasteiger partial charge in [-0.2, -0.15) is 4.98 Å². The van der Waals surface area contributed by atoms with E-state index in [2.05, 4.69) is 22.0 Å². The van der Waals surface area contributed by atoms with Gasteiger partial charge in [-0.3, -0.25) is 4.90 Å². The van der Waals surface area contributed by atoms with Gasteiger partial charge in [0.15, 0.2) is 5.82 Å². The molecule has 1 aliphatic carbocycles. The topological polar surface area (TPSA) is 62.4 Å². The fourth-order valence-corrected chi connectivity index (χ4v) is 1.85. The molecule has 0 aromatic carbocycles. The average Bonchev–Trinajstić information content (AvgIpc) is 2.97. The molecule has 1 N–H and O–H groups in total. The van der Waals surface area contributed by atoms with Crippen molar-refractivity contribution in [3.8, 4) is 0 Å². The highest BCUT2D eigenvalue weighted by Gasteiger charge is 2.30. The fourth-order valence-electron chi connectivity index (χ4n) is 1.85. The Morgan fingerprint density at radius 1 is 1.47 bits per heavy atom. The molecule has 0 amide bonds. The number of hydrogen-bond acceptors (Lipinski definition) is 5. The van der Waals surface area contributed by atoms with E-state index in [1.165, 1.54) is 12.8 Å². The highest BCUT2D eigenvalue weighted by molar-refractivity contribution is 5.01. The Kier molecular flexibility index (Phi) is 3.49. The quantitative estimate of drug-likeness (QED) is 0.816. The number of rotatable bonds is 6. The van der Waals surface area contributed by atoms with E-state index < -0.39 is 5.60 Å². The molecule has 1 heterocycles. The standard InChI is InChI=1S/C12H21N3O2/c1-4-15(8-12(2,3)16)7-10-13-11(17-14-10)9-5-6-9/h9,16H,4-8H2,1-3H3. The Labute approximate surface area is 102 Å². The summed E-state index contributed by atoms with van der Waals surface area (Å²) in [5.41, 5.74) is -0.695. The third-order valence-electron chi connectivity index (χ3n) is 2.83. The smallest absolute Gasteiger partial charge is 0.229 e. The van der Waals surface area contributed by atoms with Crippen LogP contribution in [0.1, 0.15) is 51.2 Å². The minimum Gasteiger partial charge on any atom is -0.389 e. The maximum Gasteiger partial charge on any atom is 0.229 e. The molecule has 0 aliphatic heterocycles. The summed E-state index contributed by atoms with van der Waals surface area (Å²) in [7, 11) is 0. The van der Waals surface area contributed by atoms with Gasteiger partial charge in [-0.25, -0.2) is 0 Å². The summed E-state index contributed by atoms with van der Waals surface area (Å²) in [6.45, 7) is 7.78. The van der Waals surface area contributed by atoms with E-state index >= 15 is 0 Å². The zero-order valence-electron chi connectivity index (χ0n) is 10.8. The van der Waals surface area contributed by atoms with Crippen molar-refractivity contribution in [1.29, 1.82) is 0 Å². The zero-order chi connectivity index (χ0) is 12.5. The van der Waals surface area contributed by atoms with E-state index in [0.717, 1.165) is 18.3 Å². The van der Waals surface area contributed by atoms with Crippen molar-refractivity contribution < 1.29 is 9.63 Å². The van der Waals surface area contributed by atoms with Crippen molar-refractivity contribution in [1.82, 2.24) is 15.0 Å². The van der Waals surface area contributed by atoms with Crippen molar-refractivity contribution in [3.05, 3.63) is 11.7 Å². The van der Waals surface area contributed by atoms with Crippen LogP contribution in [0.4, 0.5) is 0 Å². The van der Waals surface area contributed by atoms with Gasteiger partial charge in [-0.1, -0.05) is 12.1 Å². The van der Waals surface area contributed by atoms with Crippen LogP contribution in [0.15, 0.2) is 4.52 Å². The lowest BCUT2D eigenvalue weighted by Gasteiger charge is -2.26. The maximum atomic E-state index is 9.79. The molecule has 0 unspecified atom stereocenters. The van der Waals surface area contributed by atoms with Crippen LogP contribution < -0.4 is 0 Å². The minimum absolute atomic E-state index is 0.501. The third-order valence-corrected chi connectivity index (χ3v) is 2.83. The lowest BCUT2D eigenvalue weighted by Crippen LogP contribution is -2.38. The summed E-state index contributed by atoms with van der Waals surface area (Å²) in [5, 5.41) is 13.8. The maximum absolute atomic E-state index is 9.79. The Bertz CT molecular complexity index is 366. The van der Waals surface area contributed by atoms with Crippen LogP contribution in [-0.2, 0) is 6.54 Å². The molecule has 5 heteroatoms. The predicted octanol–water partition coefficient (Wildman–Crippen LogP) is 1.54. The Morgan fingerprint density at radius 3 is 2.71 bits per heavy atom. The fraction of sp³-hybridized carbons (Fsp3) is 0.833. The van der Waals surface area contributed by atoms with Gasteiger partial charge in [0.1, 0.15) is 0 Å². The first-order chi connectivity index (χ1) is 7.98. The molecule has 5 nitrogen and oxygen atoms in total. The predicted molar refractivity (Wildman–Crippen MR) is 63.5 cm³/mol. The Balaban J connectivity index is 1.92. The molecule has 0 saturated heterocycles. The zero-order valence-corrected chi connectivity index (χ0v) is 10.8. The van der Waals surface area contributed by atoms with Crippen LogP contribution in [-0.4, -0.2) is 38.8 Å². The summed E-state index contributed by atoms with van der Waals surface area (Å²) >= 11 is 0. The van der Waals surface area contributed by atoms with Crippen molar-refractivity contribution >= 4 is 0 Å². The van der Waals surface area contributed by atoms with Crippen LogP contribution in [0.2, 0.25) is 0 Å². The largest absolute Gasteiger partial charge is 0.389 e. The van der Waals surface area contributed by atoms with E-state index in [-0.39, 0.29) is 0 Å². The first kappa shape index (κ1) is 12.5. The molecule has 1 saturated carbocycles. The average molecular weight is 239 g/mol. The molecular formula is C12H21N3O2. The molecule has 1 aromatic heterocycles. The number of aromatic nitrogens is 2. The van der Waals surface area contributed by atoms with Crippen molar-refractivity contribution in [2.24, 2.45) is 0 Å². The molecular weight excluding hydrogens is 218 g/mol. The van der Waals surface area contributed by atoms with Crippen molar-refractivity contribution in [2.75, 3.05) is 13.1 Å². The summed E-state index contributed by atoms with van der Waals surface area (Å²) in [6.07, 6.45) is 2.34. The SMILES string of the molecule is CCN(Cc1noc(C2CC2)n1)CC(C)(C)O. The van der Waals surface area contributed by atoms with Gasteiger partial charge >= 0.3 is 0 Å². The van der Waals surface area contributed by atoms with Crippen LogP contribution in [0.5, 0.6) is 0 Å². The van der Waals surface area contributed by atoms with Gasteiger partial charge < -0.3 is 9.63 Å². The van der Waals surface area contributed by atoms with E-state index in [4.69, 9.17) is 4.52 Å². The lowest BCUT2D eigenvalue weighted by molar-refractivity contribution is 0.0343. The number of likely N-dealkylation sites (N-methyl/N-ethyl adjacent to an activating group) is 1. The van der Waals surface area contributed by atoms with Gasteiger partial charge in [0.25, 0.3) is 0 Å². The third kappa shape index (κ3) is 3.78. The monoisotopic (exact) mass is 239 g/mol. The second-order valence-electron chi connectivity index (χ2n) is 5.44.